The first-order valence-corrected chi connectivity index (χ1v) is 22.7. The third kappa shape index (κ3) is 35.5. The van der Waals surface area contributed by atoms with Crippen molar-refractivity contribution in [3.05, 3.63) is 34.9 Å². The molecular weight excluding hydrogens is 707 g/mol. The highest BCUT2D eigenvalue weighted by molar-refractivity contribution is 5.70. The largest absolute Gasteiger partial charge is 0.466 e. The predicted molar refractivity (Wildman–Crippen MR) is 228 cm³/mol. The molecule has 0 spiro atoms. The van der Waals surface area contributed by atoms with Gasteiger partial charge in [-0.15, -0.1) is 0 Å². The molecular formula is C47H83NO8. The van der Waals surface area contributed by atoms with E-state index >= 15 is 0 Å². The topological polar surface area (TPSA) is 117 Å². The van der Waals surface area contributed by atoms with Gasteiger partial charge < -0.3 is 24.3 Å². The summed E-state index contributed by atoms with van der Waals surface area (Å²) in [6, 6.07) is 5.93. The number of hydrogen-bond acceptors (Lipinski definition) is 9. The molecule has 9 heteroatoms. The lowest BCUT2D eigenvalue weighted by molar-refractivity contribution is -0.145. The van der Waals surface area contributed by atoms with Crippen LogP contribution < -0.4 is 5.32 Å². The summed E-state index contributed by atoms with van der Waals surface area (Å²) in [7, 11) is 1.87. The summed E-state index contributed by atoms with van der Waals surface area (Å²) in [6.45, 7) is 10.5. The van der Waals surface area contributed by atoms with Gasteiger partial charge in [0.05, 0.1) is 13.2 Å². The second-order valence-electron chi connectivity index (χ2n) is 15.1. The van der Waals surface area contributed by atoms with Crippen molar-refractivity contribution in [2.45, 2.75) is 221 Å². The van der Waals surface area contributed by atoms with Crippen molar-refractivity contribution < 1.29 is 38.1 Å². The van der Waals surface area contributed by atoms with E-state index in [1.807, 2.05) is 32.2 Å². The minimum Gasteiger partial charge on any atom is -0.466 e. The van der Waals surface area contributed by atoms with E-state index in [0.29, 0.717) is 45.4 Å². The number of hydrogen-bond donors (Lipinski definition) is 1. The number of carbonyl (C=O) groups is 4. The SMILES string of the molecule is CCCCCCCC.CCCCCCCCOC(=O)CCCCCCCC(=O)OCc1cc(CNC)cc(COC(=O)CCCCCCCCC(=O)OCC)c1. The molecule has 0 amide bonds. The van der Waals surface area contributed by atoms with Crippen LogP contribution in [0.25, 0.3) is 0 Å². The smallest absolute Gasteiger partial charge is 0.306 e. The van der Waals surface area contributed by atoms with E-state index in [4.69, 9.17) is 18.9 Å². The molecule has 0 fully saturated rings. The van der Waals surface area contributed by atoms with E-state index < -0.39 is 0 Å². The maximum absolute atomic E-state index is 12.4. The number of ether oxygens (including phenoxy) is 4. The van der Waals surface area contributed by atoms with Gasteiger partial charge >= 0.3 is 23.9 Å². The van der Waals surface area contributed by atoms with Crippen molar-refractivity contribution >= 4 is 23.9 Å². The molecule has 0 saturated heterocycles. The van der Waals surface area contributed by atoms with Gasteiger partial charge in [0.15, 0.2) is 0 Å². The Labute approximate surface area is 342 Å². The van der Waals surface area contributed by atoms with Crippen molar-refractivity contribution in [2.75, 3.05) is 20.3 Å². The molecule has 0 heterocycles. The van der Waals surface area contributed by atoms with E-state index in [0.717, 1.165) is 100 Å². The molecule has 0 aromatic heterocycles. The van der Waals surface area contributed by atoms with Crippen LogP contribution in [0.3, 0.4) is 0 Å². The number of carbonyl (C=O) groups excluding carboxylic acids is 4. The Morgan fingerprint density at radius 3 is 1.11 bits per heavy atom. The van der Waals surface area contributed by atoms with Crippen molar-refractivity contribution in [1.82, 2.24) is 5.32 Å². The van der Waals surface area contributed by atoms with Gasteiger partial charge in [0.25, 0.3) is 0 Å². The minimum absolute atomic E-state index is 0.101. The fourth-order valence-electron chi connectivity index (χ4n) is 6.33. The number of rotatable bonds is 36. The fourth-order valence-corrected chi connectivity index (χ4v) is 6.33. The van der Waals surface area contributed by atoms with Crippen molar-refractivity contribution in [2.24, 2.45) is 0 Å². The molecule has 0 bridgehead atoms. The van der Waals surface area contributed by atoms with Gasteiger partial charge in [-0.25, -0.2) is 0 Å². The molecule has 1 rings (SSSR count). The second kappa shape index (κ2) is 40.3. The third-order valence-electron chi connectivity index (χ3n) is 9.59. The Bertz CT molecular complexity index is 1100. The lowest BCUT2D eigenvalue weighted by Crippen LogP contribution is -2.09. The van der Waals surface area contributed by atoms with Crippen molar-refractivity contribution in [3.8, 4) is 0 Å². The Hall–Kier alpha value is -2.94. The zero-order valence-electron chi connectivity index (χ0n) is 36.6. The molecule has 0 atom stereocenters. The number of esters is 4. The Morgan fingerprint density at radius 1 is 0.411 bits per heavy atom. The van der Waals surface area contributed by atoms with Crippen LogP contribution in [-0.2, 0) is 57.9 Å². The molecule has 0 unspecified atom stereocenters. The average molecular weight is 790 g/mol. The van der Waals surface area contributed by atoms with Gasteiger partial charge in [0.2, 0.25) is 0 Å². The number of unbranched alkanes of at least 4 members (excludes halogenated alkanes) is 19. The summed E-state index contributed by atoms with van der Waals surface area (Å²) >= 11 is 0. The van der Waals surface area contributed by atoms with Crippen LogP contribution in [0.2, 0.25) is 0 Å². The molecule has 0 aliphatic carbocycles. The normalized spacial score (nSPS) is 10.7. The number of benzene rings is 1. The zero-order chi connectivity index (χ0) is 41.3. The number of nitrogens with one attached hydrogen (secondary N) is 1. The van der Waals surface area contributed by atoms with Crippen molar-refractivity contribution in [3.63, 3.8) is 0 Å². The average Bonchev–Trinajstić information content (AvgIpc) is 3.18. The lowest BCUT2D eigenvalue weighted by atomic mass is 10.1. The molecule has 0 saturated carbocycles. The minimum atomic E-state index is -0.223. The van der Waals surface area contributed by atoms with Crippen molar-refractivity contribution in [1.29, 1.82) is 0 Å². The van der Waals surface area contributed by atoms with Crippen LogP contribution >= 0.6 is 0 Å². The van der Waals surface area contributed by atoms with Gasteiger partial charge in [0, 0.05) is 32.2 Å². The first-order chi connectivity index (χ1) is 27.3. The Morgan fingerprint density at radius 2 is 0.732 bits per heavy atom. The Balaban J connectivity index is 0.00000338. The van der Waals surface area contributed by atoms with Gasteiger partial charge in [0.1, 0.15) is 13.2 Å². The van der Waals surface area contributed by atoms with Crippen LogP contribution in [0.15, 0.2) is 18.2 Å². The van der Waals surface area contributed by atoms with Crippen LogP contribution in [-0.4, -0.2) is 44.1 Å². The summed E-state index contributed by atoms with van der Waals surface area (Å²) in [5.74, 6) is -0.670. The molecule has 1 aromatic rings. The highest BCUT2D eigenvalue weighted by atomic mass is 16.5. The molecule has 56 heavy (non-hydrogen) atoms. The van der Waals surface area contributed by atoms with E-state index in [2.05, 4.69) is 26.1 Å². The monoisotopic (exact) mass is 790 g/mol. The highest BCUT2D eigenvalue weighted by Crippen LogP contribution is 2.16. The van der Waals surface area contributed by atoms with E-state index in [9.17, 15) is 19.2 Å². The molecule has 0 radical (unpaired) electrons. The van der Waals surface area contributed by atoms with E-state index in [1.54, 1.807) is 0 Å². The predicted octanol–water partition coefficient (Wildman–Crippen LogP) is 12.2. The summed E-state index contributed by atoms with van der Waals surface area (Å²) < 4.78 is 21.3. The van der Waals surface area contributed by atoms with E-state index in [-0.39, 0.29) is 37.1 Å². The van der Waals surface area contributed by atoms with Crippen LogP contribution in [0.1, 0.15) is 218 Å². The van der Waals surface area contributed by atoms with Gasteiger partial charge in [-0.2, -0.15) is 0 Å². The molecule has 0 aliphatic heterocycles. The first-order valence-electron chi connectivity index (χ1n) is 22.7. The third-order valence-corrected chi connectivity index (χ3v) is 9.59. The summed E-state index contributed by atoms with van der Waals surface area (Å²) in [4.78, 5) is 47.9. The van der Waals surface area contributed by atoms with E-state index in [1.165, 1.54) is 64.2 Å². The summed E-state index contributed by atoms with van der Waals surface area (Å²) in [5.41, 5.74) is 2.77. The summed E-state index contributed by atoms with van der Waals surface area (Å²) in [6.07, 6.45) is 27.3. The standard InChI is InChI=1S/C39H65NO8.C8H18/c1-4-6-7-8-16-21-26-46-37(42)23-18-14-11-15-20-25-39(44)48-32-35-28-33(30-40-3)27-34(29-35)31-47-38(43)24-19-13-10-9-12-17-22-36(41)45-5-2;1-3-5-7-8-6-4-2/h27-29,40H,4-26,30-32H2,1-3H3;3-8H2,1-2H3. The Kier molecular flexibility index (Phi) is 38.1. The maximum Gasteiger partial charge on any atom is 0.306 e. The molecule has 1 N–H and O–H groups in total. The first kappa shape index (κ1) is 53.1. The van der Waals surface area contributed by atoms with Gasteiger partial charge in [-0.05, 0) is 68.8 Å². The zero-order valence-corrected chi connectivity index (χ0v) is 36.6. The van der Waals surface area contributed by atoms with Gasteiger partial charge in [-0.1, -0.05) is 148 Å². The quantitative estimate of drug-likeness (QED) is 0.0403. The maximum atomic E-state index is 12.4. The van der Waals surface area contributed by atoms with Gasteiger partial charge in [-0.3, -0.25) is 19.2 Å². The molecule has 9 nitrogen and oxygen atoms in total. The summed E-state index contributed by atoms with van der Waals surface area (Å²) in [5, 5.41) is 3.14. The van der Waals surface area contributed by atoms with Crippen LogP contribution in [0.5, 0.6) is 0 Å². The molecule has 1 aromatic carbocycles. The van der Waals surface area contributed by atoms with Crippen LogP contribution in [0, 0.1) is 0 Å². The molecule has 324 valence electrons. The second-order valence-corrected chi connectivity index (χ2v) is 15.1. The molecule has 0 aliphatic rings. The van der Waals surface area contributed by atoms with Crippen LogP contribution in [0.4, 0.5) is 0 Å². The lowest BCUT2D eigenvalue weighted by Gasteiger charge is -2.11. The fraction of sp³-hybridized carbons (Fsp3) is 0.787. The highest BCUT2D eigenvalue weighted by Gasteiger charge is 2.09.